The zero-order valence-corrected chi connectivity index (χ0v) is 21.1. The van der Waals surface area contributed by atoms with Crippen LogP contribution in [0.25, 0.3) is 0 Å². The molecule has 1 aliphatic rings. The van der Waals surface area contributed by atoms with Gasteiger partial charge in [0, 0.05) is 33.9 Å². The summed E-state index contributed by atoms with van der Waals surface area (Å²) in [5.74, 6) is -0.268. The van der Waals surface area contributed by atoms with Crippen molar-refractivity contribution in [2.24, 2.45) is 4.99 Å². The van der Waals surface area contributed by atoms with Gasteiger partial charge in [-0.15, -0.1) is 12.6 Å². The van der Waals surface area contributed by atoms with Crippen molar-refractivity contribution in [3.63, 3.8) is 0 Å². The minimum absolute atomic E-state index is 0.268. The molecule has 0 aromatic heterocycles. The van der Waals surface area contributed by atoms with E-state index >= 15 is 0 Å². The first-order chi connectivity index (χ1) is 15.7. The quantitative estimate of drug-likeness (QED) is 0.261. The van der Waals surface area contributed by atoms with Gasteiger partial charge in [0.05, 0.1) is 21.4 Å². The number of carbonyl (C=O) groups is 1. The van der Waals surface area contributed by atoms with Crippen molar-refractivity contribution >= 4 is 82.0 Å². The number of fused-ring (bicyclic) bond motifs is 1. The molecule has 2 N–H and O–H groups in total. The molecule has 1 aliphatic heterocycles. The molecule has 33 heavy (non-hydrogen) atoms. The van der Waals surface area contributed by atoms with Crippen molar-refractivity contribution in [3.8, 4) is 0 Å². The Kier molecular flexibility index (Phi) is 7.43. The van der Waals surface area contributed by atoms with Gasteiger partial charge in [-0.05, 0) is 42.5 Å². The van der Waals surface area contributed by atoms with E-state index in [0.29, 0.717) is 48.3 Å². The van der Waals surface area contributed by atoms with Gasteiger partial charge in [0.15, 0.2) is 6.17 Å². The van der Waals surface area contributed by atoms with Gasteiger partial charge in [-0.3, -0.25) is 15.1 Å². The van der Waals surface area contributed by atoms with E-state index in [0.717, 1.165) is 0 Å². The summed E-state index contributed by atoms with van der Waals surface area (Å²) < 4.78 is 0. The predicted octanol–water partition coefficient (Wildman–Crippen LogP) is 6.36. The number of amides is 1. The zero-order valence-electron chi connectivity index (χ0n) is 17.2. The number of hydrogen-bond acceptors (Lipinski definition) is 5. The van der Waals surface area contributed by atoms with Gasteiger partial charge < -0.3 is 10.2 Å². The molecule has 0 spiro atoms. The zero-order chi connectivity index (χ0) is 23.7. The molecule has 0 aliphatic carbocycles. The molecular formula is C23H18Cl4N4OS. The smallest absolute Gasteiger partial charge is 0.266 e. The van der Waals surface area contributed by atoms with Crippen molar-refractivity contribution in [1.29, 1.82) is 0 Å². The van der Waals surface area contributed by atoms with E-state index in [1.165, 1.54) is 4.90 Å². The summed E-state index contributed by atoms with van der Waals surface area (Å²) in [5.41, 5.74) is 2.64. The molecule has 0 fully saturated rings. The van der Waals surface area contributed by atoms with Crippen molar-refractivity contribution in [3.05, 3.63) is 91.9 Å². The Morgan fingerprint density at radius 2 is 1.70 bits per heavy atom. The minimum Gasteiger partial charge on any atom is -0.361 e. The van der Waals surface area contributed by atoms with Gasteiger partial charge in [-0.1, -0.05) is 64.6 Å². The summed E-state index contributed by atoms with van der Waals surface area (Å²) in [6, 6.07) is 17.7. The number of benzodiazepines with no additional fused rings is 1. The van der Waals surface area contributed by atoms with Crippen LogP contribution in [0.15, 0.2) is 65.7 Å². The number of halogens is 4. The number of benzene rings is 3. The highest BCUT2D eigenvalue weighted by Crippen LogP contribution is 2.32. The number of thiol groups is 1. The fourth-order valence-corrected chi connectivity index (χ4v) is 4.44. The summed E-state index contributed by atoms with van der Waals surface area (Å²) in [7, 11) is 1.69. The Labute approximate surface area is 217 Å². The number of rotatable bonds is 5. The van der Waals surface area contributed by atoms with Crippen LogP contribution in [0.1, 0.15) is 11.1 Å². The molecule has 2 atom stereocenters. The standard InChI is InChI=1S/C23H18Cl4N4OS/c1-31-19-9-6-12(24)10-15(19)20(14-4-2-3-5-16(14)25)29-21(22(31)32)30-23(33)28-13-7-8-17(26)18(27)11-13/h2-11,21,23,28,30,33H,1H3. The highest BCUT2D eigenvalue weighted by Gasteiger charge is 2.31. The van der Waals surface area contributed by atoms with Crippen LogP contribution in [-0.2, 0) is 4.79 Å². The van der Waals surface area contributed by atoms with Gasteiger partial charge in [0.2, 0.25) is 0 Å². The first-order valence-electron chi connectivity index (χ1n) is 9.80. The molecule has 2 unspecified atom stereocenters. The van der Waals surface area contributed by atoms with Crippen LogP contribution in [0.2, 0.25) is 20.1 Å². The fourth-order valence-electron chi connectivity index (χ4n) is 3.46. The Morgan fingerprint density at radius 3 is 2.42 bits per heavy atom. The molecular weight excluding hydrogens is 522 g/mol. The highest BCUT2D eigenvalue weighted by molar-refractivity contribution is 7.81. The van der Waals surface area contributed by atoms with Gasteiger partial charge >= 0.3 is 0 Å². The number of carbonyl (C=O) groups excluding carboxylic acids is 1. The highest BCUT2D eigenvalue weighted by atomic mass is 35.5. The van der Waals surface area contributed by atoms with Crippen LogP contribution in [0, 0.1) is 0 Å². The van der Waals surface area contributed by atoms with Crippen molar-refractivity contribution < 1.29 is 4.79 Å². The molecule has 0 radical (unpaired) electrons. The Morgan fingerprint density at radius 1 is 0.939 bits per heavy atom. The van der Waals surface area contributed by atoms with Gasteiger partial charge in [-0.2, -0.15) is 0 Å². The van der Waals surface area contributed by atoms with E-state index in [1.807, 2.05) is 18.2 Å². The minimum atomic E-state index is -0.953. The predicted molar refractivity (Wildman–Crippen MR) is 142 cm³/mol. The molecule has 4 rings (SSSR count). The third-order valence-corrected chi connectivity index (χ3v) is 6.65. The van der Waals surface area contributed by atoms with Gasteiger partial charge in [-0.25, -0.2) is 0 Å². The largest absolute Gasteiger partial charge is 0.361 e. The second-order valence-corrected chi connectivity index (χ2v) is 9.44. The molecule has 1 heterocycles. The first-order valence-corrected chi connectivity index (χ1v) is 11.8. The SMILES string of the molecule is CN1C(=O)C(NC(S)Nc2ccc(Cl)c(Cl)c2)N=C(c2ccccc2Cl)c2cc(Cl)ccc21. The molecule has 5 nitrogen and oxygen atoms in total. The van der Waals surface area contributed by atoms with E-state index in [4.69, 9.17) is 51.4 Å². The number of hydrogen-bond donors (Lipinski definition) is 3. The lowest BCUT2D eigenvalue weighted by Crippen LogP contribution is -2.48. The number of anilines is 2. The number of likely N-dealkylation sites (N-methyl/N-ethyl adjacent to an activating group) is 1. The molecule has 0 saturated carbocycles. The maximum absolute atomic E-state index is 13.3. The third-order valence-electron chi connectivity index (χ3n) is 5.07. The third kappa shape index (κ3) is 5.27. The maximum Gasteiger partial charge on any atom is 0.266 e. The molecule has 1 amide bonds. The van der Waals surface area contributed by atoms with Gasteiger partial charge in [0.1, 0.15) is 5.50 Å². The number of nitrogens with zero attached hydrogens (tertiary/aromatic N) is 2. The summed E-state index contributed by atoms with van der Waals surface area (Å²) in [5, 5.41) is 8.12. The topological polar surface area (TPSA) is 56.7 Å². The van der Waals surface area contributed by atoms with Crippen LogP contribution in [0.4, 0.5) is 11.4 Å². The van der Waals surface area contributed by atoms with Crippen molar-refractivity contribution in [2.75, 3.05) is 17.3 Å². The average Bonchev–Trinajstić information content (AvgIpc) is 2.87. The monoisotopic (exact) mass is 538 g/mol. The maximum atomic E-state index is 13.3. The van der Waals surface area contributed by atoms with Gasteiger partial charge in [0.25, 0.3) is 5.91 Å². The Bertz CT molecular complexity index is 1250. The normalized spacial score (nSPS) is 16.7. The second kappa shape index (κ2) is 10.1. The lowest BCUT2D eigenvalue weighted by molar-refractivity contribution is -0.120. The lowest BCUT2D eigenvalue weighted by atomic mass is 10.00. The van der Waals surface area contributed by atoms with E-state index < -0.39 is 11.7 Å². The summed E-state index contributed by atoms with van der Waals surface area (Å²) >= 11 is 29.4. The van der Waals surface area contributed by atoms with Crippen LogP contribution < -0.4 is 15.5 Å². The van der Waals surface area contributed by atoms with Crippen LogP contribution in [0.3, 0.4) is 0 Å². The second-order valence-electron chi connectivity index (χ2n) is 7.26. The Balaban J connectivity index is 1.72. The molecule has 10 heteroatoms. The van der Waals surface area contributed by atoms with E-state index in [2.05, 4.69) is 23.3 Å². The summed E-state index contributed by atoms with van der Waals surface area (Å²) in [6.07, 6.45) is -0.953. The first kappa shape index (κ1) is 24.2. The Hall–Kier alpha value is -1.93. The molecule has 170 valence electrons. The molecule has 3 aromatic carbocycles. The molecule has 3 aromatic rings. The average molecular weight is 540 g/mol. The van der Waals surface area contributed by atoms with Crippen LogP contribution in [-0.4, -0.2) is 30.3 Å². The lowest BCUT2D eigenvalue weighted by Gasteiger charge is -2.24. The molecule has 0 saturated heterocycles. The summed E-state index contributed by atoms with van der Waals surface area (Å²) in [4.78, 5) is 19.6. The van der Waals surface area contributed by atoms with Crippen LogP contribution >= 0.6 is 59.0 Å². The summed E-state index contributed by atoms with van der Waals surface area (Å²) in [6.45, 7) is 0. The van der Waals surface area contributed by atoms with Crippen molar-refractivity contribution in [2.45, 2.75) is 11.7 Å². The molecule has 0 bridgehead atoms. The van der Waals surface area contributed by atoms with E-state index in [1.54, 1.807) is 49.5 Å². The van der Waals surface area contributed by atoms with Crippen molar-refractivity contribution in [1.82, 2.24) is 5.32 Å². The van der Waals surface area contributed by atoms with E-state index in [9.17, 15) is 4.79 Å². The fraction of sp³-hybridized carbons (Fsp3) is 0.130. The van der Waals surface area contributed by atoms with Crippen LogP contribution in [0.5, 0.6) is 0 Å². The van der Waals surface area contributed by atoms with E-state index in [-0.39, 0.29) is 5.91 Å². The number of nitrogens with one attached hydrogen (secondary N) is 2. The number of aliphatic imine (C=N–C) groups is 1.